The summed E-state index contributed by atoms with van der Waals surface area (Å²) in [6.07, 6.45) is 4.25. The highest BCUT2D eigenvalue weighted by molar-refractivity contribution is 7.92. The van der Waals surface area contributed by atoms with E-state index in [-0.39, 0.29) is 31.1 Å². The number of nitrogens with two attached hydrogens (primary N) is 1. The molecule has 15 nitrogen and oxygen atoms in total. The van der Waals surface area contributed by atoms with Crippen molar-refractivity contribution in [2.75, 3.05) is 18.8 Å². The lowest BCUT2D eigenvalue weighted by Crippen LogP contribution is -2.63. The van der Waals surface area contributed by atoms with E-state index in [1.807, 2.05) is 24.3 Å². The molecule has 0 aromatic heterocycles. The molecular formula is C40H60N6O9S. The molecular weight excluding hydrogens is 741 g/mol. The number of fused-ring (bicyclic) bond motifs is 1. The minimum Gasteiger partial charge on any atom is -0.444 e. The Hall–Kier alpha value is -4.21. The highest BCUT2D eigenvalue weighted by atomic mass is 32.2. The van der Waals surface area contributed by atoms with E-state index in [1.54, 1.807) is 46.4 Å². The molecule has 2 aliphatic carbocycles. The number of ether oxygens (including phenoxy) is 1. The summed E-state index contributed by atoms with van der Waals surface area (Å²) in [7, 11) is -3.63. The van der Waals surface area contributed by atoms with Crippen molar-refractivity contribution in [3.8, 4) is 0 Å². The van der Waals surface area contributed by atoms with Gasteiger partial charge in [-0.25, -0.2) is 18.0 Å². The van der Waals surface area contributed by atoms with Crippen LogP contribution in [0.3, 0.4) is 0 Å². The van der Waals surface area contributed by atoms with Gasteiger partial charge < -0.3 is 36.2 Å². The van der Waals surface area contributed by atoms with Gasteiger partial charge in [-0.15, -0.1) is 0 Å². The number of urea groups is 1. The van der Waals surface area contributed by atoms with E-state index < -0.39 is 85.4 Å². The number of Topliss-reactive ketones (excluding diaryl/α,β-unsaturated/α-hetero) is 1. The number of hydrogen-bond donors (Lipinski definition) is 4. The van der Waals surface area contributed by atoms with Gasteiger partial charge in [0.1, 0.15) is 18.2 Å². The van der Waals surface area contributed by atoms with E-state index in [2.05, 4.69) is 16.0 Å². The lowest BCUT2D eigenvalue weighted by molar-refractivity contribution is -0.143. The Morgan fingerprint density at radius 1 is 0.946 bits per heavy atom. The van der Waals surface area contributed by atoms with Gasteiger partial charge in [-0.05, 0) is 68.9 Å². The van der Waals surface area contributed by atoms with Gasteiger partial charge in [0.05, 0.1) is 28.6 Å². The second-order valence-corrected chi connectivity index (χ2v) is 21.0. The Bertz CT molecular complexity index is 1790. The fourth-order valence-corrected chi connectivity index (χ4v) is 9.46. The number of nitrogens with one attached hydrogen (secondary N) is 3. The molecule has 6 amide bonds. The number of amides is 6. The number of carbonyl (C=O) groups excluding carboxylic acids is 6. The van der Waals surface area contributed by atoms with Crippen molar-refractivity contribution in [3.05, 3.63) is 35.4 Å². The van der Waals surface area contributed by atoms with Crippen LogP contribution in [0.5, 0.6) is 0 Å². The molecule has 1 aromatic rings. The van der Waals surface area contributed by atoms with E-state index in [0.717, 1.165) is 43.2 Å². The van der Waals surface area contributed by atoms with Crippen molar-refractivity contribution >= 4 is 45.5 Å². The van der Waals surface area contributed by atoms with Crippen LogP contribution in [0.4, 0.5) is 9.59 Å². The standard InChI is InChI=1S/C40H60N6O9S/c1-38(2,3)32(43-36(51)44-40(17-10-7-11-18-40)24-56(53,54)39(4,5)6)35(50)46-23-28(55-37(52)45-19-16-26-12-8-9-13-27(26)22-45)21-30(46)34(49)42-29(20-25-14-15-25)31(47)33(41)48/h8-9,12-13,25,28-30,32H,7,10-11,14-24H2,1-6H3,(H2,41,48)(H,42,49)(H2,43,44,51). The number of likely N-dealkylation sites (tertiary alicyclic amines) is 1. The highest BCUT2D eigenvalue weighted by Gasteiger charge is 2.48. The topological polar surface area (TPSA) is 214 Å². The van der Waals surface area contributed by atoms with Gasteiger partial charge in [-0.1, -0.05) is 77.1 Å². The zero-order valence-electron chi connectivity index (χ0n) is 33.6. The molecule has 4 aliphatic rings. The lowest BCUT2D eigenvalue weighted by Gasteiger charge is -2.41. The SMILES string of the molecule is CC(C)(C)C(NC(=O)NC1(CS(=O)(=O)C(C)(C)C)CCCCC1)C(=O)N1CC(OC(=O)N2CCc3ccccc3C2)CC1C(=O)NC(CC1CC1)C(=O)C(N)=O. The summed E-state index contributed by atoms with van der Waals surface area (Å²) in [4.78, 5) is 83.7. The molecule has 0 radical (unpaired) electrons. The van der Waals surface area contributed by atoms with Crippen LogP contribution in [0.2, 0.25) is 0 Å². The maximum Gasteiger partial charge on any atom is 0.410 e. The predicted molar refractivity (Wildman–Crippen MR) is 209 cm³/mol. The van der Waals surface area contributed by atoms with Crippen LogP contribution in [-0.2, 0) is 46.7 Å². The second kappa shape index (κ2) is 16.7. The van der Waals surface area contributed by atoms with Gasteiger partial charge >= 0.3 is 12.1 Å². The van der Waals surface area contributed by atoms with Gasteiger partial charge in [0.25, 0.3) is 5.91 Å². The Balaban J connectivity index is 1.38. The molecule has 2 aliphatic heterocycles. The van der Waals surface area contributed by atoms with Crippen molar-refractivity contribution in [2.45, 2.75) is 147 Å². The van der Waals surface area contributed by atoms with Crippen LogP contribution in [0.25, 0.3) is 0 Å². The molecule has 4 unspecified atom stereocenters. The average molecular weight is 801 g/mol. The smallest absolute Gasteiger partial charge is 0.410 e. The van der Waals surface area contributed by atoms with Gasteiger partial charge in [0.15, 0.2) is 9.84 Å². The first-order valence-corrected chi connectivity index (χ1v) is 21.5. The third-order valence-electron chi connectivity index (χ3n) is 11.6. The van der Waals surface area contributed by atoms with Crippen molar-refractivity contribution in [2.24, 2.45) is 17.1 Å². The fourth-order valence-electron chi connectivity index (χ4n) is 7.94. The Morgan fingerprint density at radius 2 is 1.59 bits per heavy atom. The van der Waals surface area contributed by atoms with Crippen LogP contribution in [0.1, 0.15) is 110 Å². The third kappa shape index (κ3) is 10.4. The molecule has 4 atom stereocenters. The summed E-state index contributed by atoms with van der Waals surface area (Å²) < 4.78 is 31.7. The van der Waals surface area contributed by atoms with E-state index >= 15 is 0 Å². The van der Waals surface area contributed by atoms with Crippen LogP contribution in [0, 0.1) is 11.3 Å². The molecule has 1 aromatic carbocycles. The number of ketones is 1. The maximum atomic E-state index is 14.7. The minimum absolute atomic E-state index is 0.0918. The van der Waals surface area contributed by atoms with Crippen molar-refractivity contribution in [1.82, 2.24) is 25.8 Å². The molecule has 1 saturated heterocycles. The second-order valence-electron chi connectivity index (χ2n) is 18.3. The zero-order valence-corrected chi connectivity index (χ0v) is 34.5. The maximum absolute atomic E-state index is 14.7. The summed E-state index contributed by atoms with van der Waals surface area (Å²) in [5.74, 6) is -3.56. The summed E-state index contributed by atoms with van der Waals surface area (Å²) in [6.45, 7) is 10.7. The first-order chi connectivity index (χ1) is 26.1. The molecule has 2 saturated carbocycles. The van der Waals surface area contributed by atoms with Crippen LogP contribution in [0.15, 0.2) is 24.3 Å². The molecule has 5 rings (SSSR count). The first-order valence-electron chi connectivity index (χ1n) is 19.9. The third-order valence-corrected chi connectivity index (χ3v) is 14.4. The fraction of sp³-hybridized carbons (Fsp3) is 0.700. The Kier molecular flexibility index (Phi) is 12.8. The largest absolute Gasteiger partial charge is 0.444 e. The van der Waals surface area contributed by atoms with Crippen LogP contribution < -0.4 is 21.7 Å². The molecule has 0 spiro atoms. The highest BCUT2D eigenvalue weighted by Crippen LogP contribution is 2.35. The quantitative estimate of drug-likeness (QED) is 0.228. The van der Waals surface area contributed by atoms with Crippen LogP contribution in [-0.4, -0.2) is 107 Å². The van der Waals surface area contributed by atoms with E-state index in [9.17, 15) is 37.2 Å². The summed E-state index contributed by atoms with van der Waals surface area (Å²) in [5, 5.41) is 8.44. The molecule has 310 valence electrons. The van der Waals surface area contributed by atoms with E-state index in [0.29, 0.717) is 32.4 Å². The summed E-state index contributed by atoms with van der Waals surface area (Å²) in [5.41, 5.74) is 5.54. The van der Waals surface area contributed by atoms with Gasteiger partial charge in [-0.3, -0.25) is 19.2 Å². The minimum atomic E-state index is -3.63. The number of rotatable bonds is 12. The zero-order chi connectivity index (χ0) is 41.2. The molecule has 3 fully saturated rings. The number of carbonyl (C=O) groups is 6. The normalized spacial score (nSPS) is 22.2. The number of nitrogens with zero attached hydrogens (tertiary/aromatic N) is 2. The molecule has 5 N–H and O–H groups in total. The van der Waals surface area contributed by atoms with E-state index in [1.165, 1.54) is 4.90 Å². The Morgan fingerprint density at radius 3 is 2.18 bits per heavy atom. The number of primary amides is 1. The molecule has 0 bridgehead atoms. The predicted octanol–water partition coefficient (Wildman–Crippen LogP) is 3.12. The average Bonchev–Trinajstić information content (AvgIpc) is 3.84. The molecule has 16 heteroatoms. The monoisotopic (exact) mass is 800 g/mol. The first kappa shape index (κ1) is 42.9. The van der Waals surface area contributed by atoms with Crippen molar-refractivity contribution in [1.29, 1.82) is 0 Å². The molecule has 2 heterocycles. The van der Waals surface area contributed by atoms with Crippen LogP contribution >= 0.6 is 0 Å². The van der Waals surface area contributed by atoms with Gasteiger partial charge in [0, 0.05) is 19.5 Å². The summed E-state index contributed by atoms with van der Waals surface area (Å²) in [6, 6.07) is 3.49. The molecule has 56 heavy (non-hydrogen) atoms. The van der Waals surface area contributed by atoms with E-state index in [4.69, 9.17) is 10.5 Å². The van der Waals surface area contributed by atoms with Crippen molar-refractivity contribution < 1.29 is 41.9 Å². The lowest BCUT2D eigenvalue weighted by atomic mass is 9.83. The number of sulfone groups is 1. The Labute approximate surface area is 330 Å². The number of benzene rings is 1. The van der Waals surface area contributed by atoms with Crippen molar-refractivity contribution in [3.63, 3.8) is 0 Å². The van der Waals surface area contributed by atoms with Gasteiger partial charge in [0.2, 0.25) is 17.6 Å². The van der Waals surface area contributed by atoms with Gasteiger partial charge in [-0.2, -0.15) is 0 Å². The number of hydrogen-bond acceptors (Lipinski definition) is 9. The summed E-state index contributed by atoms with van der Waals surface area (Å²) >= 11 is 0.